The van der Waals surface area contributed by atoms with Gasteiger partial charge in [0, 0.05) is 19.5 Å². The third-order valence-corrected chi connectivity index (χ3v) is 9.51. The minimum Gasteiger partial charge on any atom is -0.353 e. The zero-order chi connectivity index (χ0) is 30.6. The second-order valence-electron chi connectivity index (χ2n) is 14.5. The second-order valence-corrected chi connectivity index (χ2v) is 14.5. The van der Waals surface area contributed by atoms with Crippen molar-refractivity contribution in [2.45, 2.75) is 98.3 Å². The van der Waals surface area contributed by atoms with E-state index in [1.54, 1.807) is 0 Å². The summed E-state index contributed by atoms with van der Waals surface area (Å²) in [7, 11) is 1.38. The van der Waals surface area contributed by atoms with Crippen LogP contribution in [0.1, 0.15) is 74.1 Å². The highest BCUT2D eigenvalue weighted by molar-refractivity contribution is 6.38. The second kappa shape index (κ2) is 11.0. The summed E-state index contributed by atoms with van der Waals surface area (Å²) in [6.45, 7) is 13.8. The quantitative estimate of drug-likeness (QED) is 0.274. The third kappa shape index (κ3) is 6.28. The number of hydrogen-bond donors (Lipinski definition) is 4. The molecule has 5 amide bonds. The summed E-state index contributed by atoms with van der Waals surface area (Å²) in [4.78, 5) is 80.2. The van der Waals surface area contributed by atoms with Crippen molar-refractivity contribution < 1.29 is 28.8 Å². The fourth-order valence-electron chi connectivity index (χ4n) is 6.46. The molecular weight excluding hydrogens is 526 g/mol. The van der Waals surface area contributed by atoms with E-state index in [9.17, 15) is 28.8 Å². The van der Waals surface area contributed by atoms with Gasteiger partial charge in [0.05, 0.1) is 6.04 Å². The van der Waals surface area contributed by atoms with Gasteiger partial charge >= 0.3 is 6.03 Å². The molecule has 0 spiro atoms. The summed E-state index contributed by atoms with van der Waals surface area (Å²) in [6, 6.07) is -3.96. The number of fused-ring (bicyclic) bond motifs is 1. The lowest BCUT2D eigenvalue weighted by atomic mass is 9.85. The topological polar surface area (TPSA) is 154 Å². The number of carbonyl (C=O) groups excluding carboxylic acids is 6. The Hall–Kier alpha value is -2.98. The summed E-state index contributed by atoms with van der Waals surface area (Å²) < 4.78 is 0. The number of urea groups is 1. The number of amides is 5. The number of carbonyl (C=O) groups is 6. The van der Waals surface area contributed by atoms with Gasteiger partial charge in [-0.05, 0) is 60.2 Å². The van der Waals surface area contributed by atoms with Crippen molar-refractivity contribution in [2.24, 2.45) is 40.4 Å². The molecule has 3 aliphatic carbocycles. The Morgan fingerprint density at radius 3 is 2.00 bits per heavy atom. The molecule has 4 N–H and O–H groups in total. The molecule has 1 unspecified atom stereocenters. The Morgan fingerprint density at radius 2 is 1.51 bits per heavy atom. The van der Waals surface area contributed by atoms with Gasteiger partial charge in [-0.25, -0.2) is 4.79 Å². The smallest absolute Gasteiger partial charge is 0.316 e. The Morgan fingerprint density at radius 1 is 0.902 bits per heavy atom. The molecule has 1 aliphatic heterocycles. The monoisotopic (exact) mass is 573 g/mol. The summed E-state index contributed by atoms with van der Waals surface area (Å²) >= 11 is 0. The van der Waals surface area contributed by atoms with E-state index >= 15 is 0 Å². The molecule has 3 saturated carbocycles. The van der Waals surface area contributed by atoms with Crippen molar-refractivity contribution in [3.8, 4) is 0 Å². The highest BCUT2D eigenvalue weighted by Crippen LogP contribution is 2.65. The maximum Gasteiger partial charge on any atom is 0.316 e. The van der Waals surface area contributed by atoms with Crippen molar-refractivity contribution >= 4 is 35.3 Å². The summed E-state index contributed by atoms with van der Waals surface area (Å²) in [5, 5.41) is 10.8. The number of hydrogen-bond acceptors (Lipinski definition) is 6. The van der Waals surface area contributed by atoms with Crippen LogP contribution in [0.3, 0.4) is 0 Å². The normalized spacial score (nSPS) is 26.8. The molecule has 4 fully saturated rings. The van der Waals surface area contributed by atoms with E-state index in [-0.39, 0.29) is 46.7 Å². The molecule has 6 atom stereocenters. The number of rotatable bonds is 11. The maximum absolute atomic E-state index is 14.1. The predicted molar refractivity (Wildman–Crippen MR) is 151 cm³/mol. The molecule has 11 nitrogen and oxygen atoms in total. The molecular formula is C30H47N5O6. The van der Waals surface area contributed by atoms with Gasteiger partial charge < -0.3 is 26.2 Å². The highest BCUT2D eigenvalue weighted by Gasteiger charge is 2.70. The minimum absolute atomic E-state index is 0.0172. The van der Waals surface area contributed by atoms with Crippen molar-refractivity contribution in [1.29, 1.82) is 0 Å². The van der Waals surface area contributed by atoms with Crippen molar-refractivity contribution in [1.82, 2.24) is 26.2 Å². The Bertz CT molecular complexity index is 1120. The first-order chi connectivity index (χ1) is 19.0. The minimum atomic E-state index is -0.964. The molecule has 0 aromatic rings. The molecule has 4 rings (SSSR count). The maximum atomic E-state index is 14.1. The lowest BCUT2D eigenvalue weighted by molar-refractivity contribution is -0.145. The van der Waals surface area contributed by atoms with Gasteiger partial charge in [0.15, 0.2) is 5.78 Å². The molecule has 0 bridgehead atoms. The average Bonchev–Trinajstić information content (AvgIpc) is 3.82. The molecule has 0 aromatic carbocycles. The molecule has 1 saturated heterocycles. The van der Waals surface area contributed by atoms with Crippen LogP contribution in [0.25, 0.3) is 0 Å². The first-order valence-electron chi connectivity index (χ1n) is 15.0. The van der Waals surface area contributed by atoms with E-state index in [0.717, 1.165) is 25.7 Å². The molecule has 0 radical (unpaired) electrons. The Labute approximate surface area is 242 Å². The van der Waals surface area contributed by atoms with Crippen LogP contribution >= 0.6 is 0 Å². The van der Waals surface area contributed by atoms with Crippen LogP contribution in [-0.2, 0) is 24.0 Å². The lowest BCUT2D eigenvalue weighted by Gasteiger charge is -2.38. The molecule has 1 heterocycles. The first kappa shape index (κ1) is 31.0. The number of Topliss-reactive ketones (excluding diaryl/α,β-unsaturated/α-hetero) is 2. The molecule has 228 valence electrons. The van der Waals surface area contributed by atoms with Gasteiger partial charge in [0.1, 0.15) is 18.1 Å². The van der Waals surface area contributed by atoms with Crippen LogP contribution in [0.15, 0.2) is 0 Å². The first-order valence-corrected chi connectivity index (χ1v) is 15.0. The van der Waals surface area contributed by atoms with Crippen LogP contribution in [0.4, 0.5) is 4.79 Å². The summed E-state index contributed by atoms with van der Waals surface area (Å²) in [6.07, 6.45) is 3.15. The van der Waals surface area contributed by atoms with Crippen LogP contribution in [0, 0.1) is 40.4 Å². The van der Waals surface area contributed by atoms with Crippen molar-refractivity contribution in [2.75, 3.05) is 13.6 Å². The van der Waals surface area contributed by atoms with E-state index in [2.05, 4.69) is 35.1 Å². The molecule has 0 aromatic heterocycles. The van der Waals surface area contributed by atoms with E-state index in [0.29, 0.717) is 6.54 Å². The number of likely N-dealkylation sites (tertiary alicyclic amines) is 1. The van der Waals surface area contributed by atoms with Gasteiger partial charge in [0.25, 0.3) is 5.91 Å². The Kier molecular flexibility index (Phi) is 8.32. The SMILES string of the molecule is CNC(=O)C(=O)C(NC(=O)[C@@H]1[C@@H]2[C@H](CN1C(=O)[C@@H](NC(=O)N[C@H](C(=O)C1CC1)C(C)C)C(C)(C)C)C2(C)C)C1CC1. The summed E-state index contributed by atoms with van der Waals surface area (Å²) in [5.41, 5.74) is -0.855. The predicted octanol–water partition coefficient (Wildman–Crippen LogP) is 1.40. The summed E-state index contributed by atoms with van der Waals surface area (Å²) in [5.74, 6) is -2.47. The van der Waals surface area contributed by atoms with Gasteiger partial charge in [-0.15, -0.1) is 0 Å². The fourth-order valence-corrected chi connectivity index (χ4v) is 6.46. The number of nitrogens with zero attached hydrogens (tertiary/aromatic N) is 1. The van der Waals surface area contributed by atoms with E-state index in [1.807, 2.05) is 34.6 Å². The van der Waals surface area contributed by atoms with Gasteiger partial charge in [0.2, 0.25) is 17.6 Å². The van der Waals surface area contributed by atoms with Gasteiger partial charge in [-0.2, -0.15) is 0 Å². The number of ketones is 2. The largest absolute Gasteiger partial charge is 0.353 e. The standard InChI is InChI=1S/C30H47N5O6/c1-14(2)19(22(36)16-11-12-16)33-28(41)34-24(29(3,4)5)27(40)35-13-17-18(30(17,6)7)21(35)25(38)32-20(15-9-10-15)23(37)26(39)31-8/h14-21,24H,9-13H2,1-8H3,(H,31,39)(H,32,38)(H2,33,34,41)/t17-,18-,19-,20?,21-,24+/m0/s1. The Balaban J connectivity index is 1.52. The fraction of sp³-hybridized carbons (Fsp3) is 0.800. The van der Waals surface area contributed by atoms with E-state index in [1.165, 1.54) is 11.9 Å². The molecule has 4 aliphatic rings. The third-order valence-electron chi connectivity index (χ3n) is 9.51. The zero-order valence-electron chi connectivity index (χ0n) is 25.6. The average molecular weight is 574 g/mol. The van der Waals surface area contributed by atoms with Crippen molar-refractivity contribution in [3.05, 3.63) is 0 Å². The van der Waals surface area contributed by atoms with Crippen LogP contribution in [0.5, 0.6) is 0 Å². The van der Waals surface area contributed by atoms with E-state index < -0.39 is 53.2 Å². The zero-order valence-corrected chi connectivity index (χ0v) is 25.6. The van der Waals surface area contributed by atoms with Crippen LogP contribution in [0.2, 0.25) is 0 Å². The molecule has 11 heteroatoms. The number of nitrogens with one attached hydrogen (secondary N) is 4. The molecule has 41 heavy (non-hydrogen) atoms. The highest BCUT2D eigenvalue weighted by atomic mass is 16.2. The van der Waals surface area contributed by atoms with Gasteiger partial charge in [-0.1, -0.05) is 48.5 Å². The van der Waals surface area contributed by atoms with Crippen molar-refractivity contribution in [3.63, 3.8) is 0 Å². The van der Waals surface area contributed by atoms with E-state index in [4.69, 9.17) is 0 Å². The van der Waals surface area contributed by atoms with Crippen LogP contribution in [-0.4, -0.2) is 78.0 Å². The number of likely N-dealkylation sites (N-methyl/N-ethyl adjacent to an activating group) is 1. The van der Waals surface area contributed by atoms with Crippen LogP contribution < -0.4 is 21.3 Å². The number of piperidine rings is 1. The van der Waals surface area contributed by atoms with Gasteiger partial charge in [-0.3, -0.25) is 24.0 Å². The lowest BCUT2D eigenvalue weighted by Crippen LogP contribution is -2.62.